The van der Waals surface area contributed by atoms with Crippen molar-refractivity contribution in [1.82, 2.24) is 5.32 Å². The van der Waals surface area contributed by atoms with Gasteiger partial charge in [0.1, 0.15) is 7.11 Å². The number of amides is 1. The predicted octanol–water partition coefficient (Wildman–Crippen LogP) is 2.01. The van der Waals surface area contributed by atoms with Crippen LogP contribution in [0.15, 0.2) is 46.2 Å². The molecule has 0 spiro atoms. The van der Waals surface area contributed by atoms with Crippen molar-refractivity contribution in [2.24, 2.45) is 5.16 Å². The smallest absolute Gasteiger partial charge is 0.277 e. The zero-order chi connectivity index (χ0) is 17.4. The van der Waals surface area contributed by atoms with Gasteiger partial charge < -0.3 is 24.0 Å². The van der Waals surface area contributed by atoms with E-state index in [1.807, 2.05) is 18.2 Å². The van der Waals surface area contributed by atoms with Crippen molar-refractivity contribution in [3.8, 4) is 11.5 Å². The fourth-order valence-electron chi connectivity index (χ4n) is 2.14. The molecule has 2 aromatic rings. The molecule has 0 radical (unpaired) electrons. The second-order valence-electron chi connectivity index (χ2n) is 4.80. The van der Waals surface area contributed by atoms with Crippen LogP contribution in [-0.2, 0) is 16.1 Å². The summed E-state index contributed by atoms with van der Waals surface area (Å²) in [5, 5.41) is 6.51. The van der Waals surface area contributed by atoms with Gasteiger partial charge in [-0.3, -0.25) is 4.79 Å². The van der Waals surface area contributed by atoms with Gasteiger partial charge in [-0.2, -0.15) is 0 Å². The summed E-state index contributed by atoms with van der Waals surface area (Å²) in [5.41, 5.74) is 1.10. The Kier molecular flexibility index (Phi) is 6.24. The van der Waals surface area contributed by atoms with Crippen molar-refractivity contribution in [3.05, 3.63) is 47.9 Å². The summed E-state index contributed by atoms with van der Waals surface area (Å²) in [6, 6.07) is 8.95. The van der Waals surface area contributed by atoms with Crippen LogP contribution in [0.1, 0.15) is 11.3 Å². The lowest BCUT2D eigenvalue weighted by Crippen LogP contribution is -2.33. The number of ether oxygens (including phenoxy) is 2. The minimum absolute atomic E-state index is 0.0924. The molecule has 0 aliphatic rings. The zero-order valence-corrected chi connectivity index (χ0v) is 13.9. The van der Waals surface area contributed by atoms with Gasteiger partial charge in [0.15, 0.2) is 17.3 Å². The maximum absolute atomic E-state index is 12.2. The van der Waals surface area contributed by atoms with Gasteiger partial charge in [0.05, 0.1) is 20.5 Å². The molecule has 1 heterocycles. The molecule has 1 aromatic heterocycles. The Morgan fingerprint density at radius 3 is 2.58 bits per heavy atom. The van der Waals surface area contributed by atoms with Crippen molar-refractivity contribution in [1.29, 1.82) is 0 Å². The summed E-state index contributed by atoms with van der Waals surface area (Å²) in [6.07, 6.45) is 2.10. The molecular formula is C17H20N2O5. The molecule has 0 bridgehead atoms. The lowest BCUT2D eigenvalue weighted by Gasteiger charge is -2.10. The third-order valence-electron chi connectivity index (χ3n) is 3.30. The van der Waals surface area contributed by atoms with Crippen LogP contribution in [0.2, 0.25) is 0 Å². The average molecular weight is 332 g/mol. The van der Waals surface area contributed by atoms with Crippen LogP contribution < -0.4 is 14.8 Å². The molecule has 0 aliphatic heterocycles. The number of hydrogen-bond acceptors (Lipinski definition) is 6. The van der Waals surface area contributed by atoms with Crippen molar-refractivity contribution in [3.63, 3.8) is 0 Å². The first-order chi connectivity index (χ1) is 11.7. The molecule has 0 saturated heterocycles. The molecular weight excluding hydrogens is 312 g/mol. The summed E-state index contributed by atoms with van der Waals surface area (Å²) in [6.45, 7) is 0.428. The molecule has 0 unspecified atom stereocenters. The standard InChI is InChI=1S/C17H20N2O5/c1-21-13-7-6-12(11-15(13)22-2)8-9-18-17(20)16(19-23-3)14-5-4-10-24-14/h4-7,10-11H,8-9H2,1-3H3,(H,18,20)/b19-16-. The minimum Gasteiger partial charge on any atom is -0.493 e. The number of nitrogens with one attached hydrogen (secondary N) is 1. The number of hydrogen-bond donors (Lipinski definition) is 1. The maximum Gasteiger partial charge on any atom is 0.277 e. The summed E-state index contributed by atoms with van der Waals surface area (Å²) in [5.74, 6) is 1.30. The van der Waals surface area contributed by atoms with E-state index in [0.29, 0.717) is 30.2 Å². The topological polar surface area (TPSA) is 82.3 Å². The van der Waals surface area contributed by atoms with Crippen molar-refractivity contribution < 1.29 is 23.5 Å². The number of oxime groups is 1. The summed E-state index contributed by atoms with van der Waals surface area (Å²) in [4.78, 5) is 16.9. The highest BCUT2D eigenvalue weighted by Crippen LogP contribution is 2.27. The van der Waals surface area contributed by atoms with Gasteiger partial charge in [-0.1, -0.05) is 11.2 Å². The van der Waals surface area contributed by atoms with E-state index in [1.54, 1.807) is 26.4 Å². The van der Waals surface area contributed by atoms with Gasteiger partial charge in [-0.15, -0.1) is 0 Å². The number of rotatable bonds is 8. The van der Waals surface area contributed by atoms with Gasteiger partial charge >= 0.3 is 0 Å². The van der Waals surface area contributed by atoms with Crippen LogP contribution >= 0.6 is 0 Å². The Morgan fingerprint density at radius 1 is 1.17 bits per heavy atom. The number of carbonyl (C=O) groups excluding carboxylic acids is 1. The molecule has 0 atom stereocenters. The second kappa shape index (κ2) is 8.61. The van der Waals surface area contributed by atoms with Crippen molar-refractivity contribution >= 4 is 11.6 Å². The van der Waals surface area contributed by atoms with E-state index >= 15 is 0 Å². The van der Waals surface area contributed by atoms with Crippen molar-refractivity contribution in [2.45, 2.75) is 6.42 Å². The SMILES string of the molecule is CO/N=C(\C(=O)NCCc1ccc(OC)c(OC)c1)c1ccco1. The van der Waals surface area contributed by atoms with Crippen LogP contribution in [0, 0.1) is 0 Å². The van der Waals surface area contributed by atoms with Crippen LogP contribution in [0.4, 0.5) is 0 Å². The second-order valence-corrected chi connectivity index (χ2v) is 4.80. The first-order valence-electron chi connectivity index (χ1n) is 7.33. The Hall–Kier alpha value is -2.96. The van der Waals surface area contributed by atoms with Gasteiger partial charge in [0.2, 0.25) is 5.71 Å². The Balaban J connectivity index is 1.96. The maximum atomic E-state index is 12.2. The summed E-state index contributed by atoms with van der Waals surface area (Å²) < 4.78 is 15.6. The van der Waals surface area contributed by atoms with Gasteiger partial charge in [-0.05, 0) is 36.2 Å². The predicted molar refractivity (Wildman–Crippen MR) is 88.5 cm³/mol. The lowest BCUT2D eigenvalue weighted by atomic mass is 10.1. The lowest BCUT2D eigenvalue weighted by molar-refractivity contribution is -0.114. The summed E-state index contributed by atoms with van der Waals surface area (Å²) in [7, 11) is 4.54. The molecule has 1 amide bonds. The number of carbonyl (C=O) groups is 1. The zero-order valence-electron chi connectivity index (χ0n) is 13.9. The number of nitrogens with zero attached hydrogens (tertiary/aromatic N) is 1. The largest absolute Gasteiger partial charge is 0.493 e. The Bertz CT molecular complexity index is 695. The normalized spacial score (nSPS) is 11.0. The number of methoxy groups -OCH3 is 2. The third kappa shape index (κ3) is 4.28. The number of furan rings is 1. The first kappa shape index (κ1) is 17.4. The fraction of sp³-hybridized carbons (Fsp3) is 0.294. The molecule has 1 aromatic carbocycles. The monoisotopic (exact) mass is 332 g/mol. The molecule has 0 aliphatic carbocycles. The highest BCUT2D eigenvalue weighted by Gasteiger charge is 2.17. The van der Waals surface area contributed by atoms with Crippen molar-refractivity contribution in [2.75, 3.05) is 27.9 Å². The molecule has 1 N–H and O–H groups in total. The van der Waals surface area contributed by atoms with Gasteiger partial charge in [0, 0.05) is 6.54 Å². The van der Waals surface area contributed by atoms with E-state index in [-0.39, 0.29) is 11.6 Å². The first-order valence-corrected chi connectivity index (χ1v) is 7.33. The molecule has 7 heteroatoms. The van der Waals surface area contributed by atoms with Crippen LogP contribution in [-0.4, -0.2) is 39.5 Å². The third-order valence-corrected chi connectivity index (χ3v) is 3.30. The quantitative estimate of drug-likeness (QED) is 0.591. The molecule has 24 heavy (non-hydrogen) atoms. The van der Waals surface area contributed by atoms with Gasteiger partial charge in [-0.25, -0.2) is 0 Å². The minimum atomic E-state index is -0.368. The van der Waals surface area contributed by atoms with E-state index in [2.05, 4.69) is 10.5 Å². The highest BCUT2D eigenvalue weighted by molar-refractivity contribution is 6.44. The molecule has 0 saturated carbocycles. The Labute approximate surface area is 140 Å². The van der Waals surface area contributed by atoms with E-state index in [1.165, 1.54) is 13.4 Å². The Morgan fingerprint density at radius 2 is 1.96 bits per heavy atom. The van der Waals surface area contributed by atoms with E-state index in [4.69, 9.17) is 18.7 Å². The molecule has 7 nitrogen and oxygen atoms in total. The van der Waals surface area contributed by atoms with Gasteiger partial charge in [0.25, 0.3) is 5.91 Å². The van der Waals surface area contributed by atoms with Crippen LogP contribution in [0.3, 0.4) is 0 Å². The average Bonchev–Trinajstić information content (AvgIpc) is 3.13. The molecule has 128 valence electrons. The number of benzene rings is 1. The summed E-state index contributed by atoms with van der Waals surface area (Å²) >= 11 is 0. The van der Waals surface area contributed by atoms with E-state index in [0.717, 1.165) is 5.56 Å². The molecule has 2 rings (SSSR count). The van der Waals surface area contributed by atoms with E-state index < -0.39 is 0 Å². The fourth-order valence-corrected chi connectivity index (χ4v) is 2.14. The highest BCUT2D eigenvalue weighted by atomic mass is 16.6. The van der Waals surface area contributed by atoms with E-state index in [9.17, 15) is 4.79 Å². The van der Waals surface area contributed by atoms with Crippen LogP contribution in [0.5, 0.6) is 11.5 Å². The molecule has 0 fully saturated rings. The van der Waals surface area contributed by atoms with Crippen LogP contribution in [0.25, 0.3) is 0 Å².